The maximum Gasteiger partial charge on any atom is 0.300 e. The molecule has 1 atom stereocenters. The van der Waals surface area contributed by atoms with Crippen LogP contribution in [-0.2, 0) is 16.0 Å². The molecule has 3 aromatic carbocycles. The molecule has 0 saturated carbocycles. The first-order chi connectivity index (χ1) is 17.8. The second-order valence-corrected chi connectivity index (χ2v) is 9.21. The maximum atomic E-state index is 13.4. The Morgan fingerprint density at radius 3 is 2.19 bits per heavy atom. The minimum Gasteiger partial charge on any atom is -0.507 e. The summed E-state index contributed by atoms with van der Waals surface area (Å²) in [6.45, 7) is 7.95. The van der Waals surface area contributed by atoms with Gasteiger partial charge in [-0.3, -0.25) is 14.5 Å². The van der Waals surface area contributed by atoms with Crippen molar-refractivity contribution in [2.75, 3.05) is 30.0 Å². The summed E-state index contributed by atoms with van der Waals surface area (Å²) in [5.74, 6) is -1.36. The lowest BCUT2D eigenvalue weighted by molar-refractivity contribution is -0.132. The van der Waals surface area contributed by atoms with Crippen LogP contribution in [0.2, 0.25) is 5.02 Å². The van der Waals surface area contributed by atoms with E-state index in [4.69, 9.17) is 16.3 Å². The number of hydrogen-bond acceptors (Lipinski definition) is 5. The van der Waals surface area contributed by atoms with E-state index in [0.29, 0.717) is 22.0 Å². The summed E-state index contributed by atoms with van der Waals surface area (Å²) in [6.07, 6.45) is 0.855. The number of Topliss-reactive ketones (excluding diaryl/α,β-unsaturated/α-hetero) is 1. The first-order valence-electron chi connectivity index (χ1n) is 12.4. The molecule has 4 rings (SSSR count). The van der Waals surface area contributed by atoms with Crippen molar-refractivity contribution >= 4 is 40.4 Å². The minimum absolute atomic E-state index is 0.0181. The summed E-state index contributed by atoms with van der Waals surface area (Å²) >= 11 is 6.17. The van der Waals surface area contributed by atoms with E-state index in [1.807, 2.05) is 48.5 Å². The van der Waals surface area contributed by atoms with Crippen LogP contribution in [0.4, 0.5) is 11.4 Å². The van der Waals surface area contributed by atoms with Crippen LogP contribution in [0.15, 0.2) is 72.3 Å². The molecule has 6 nitrogen and oxygen atoms in total. The van der Waals surface area contributed by atoms with Gasteiger partial charge in [-0.1, -0.05) is 42.8 Å². The van der Waals surface area contributed by atoms with Gasteiger partial charge in [-0.15, -0.1) is 0 Å². The third kappa shape index (κ3) is 4.94. The molecule has 1 fully saturated rings. The van der Waals surface area contributed by atoms with Gasteiger partial charge in [0.05, 0.1) is 23.7 Å². The average molecular weight is 519 g/mol. The van der Waals surface area contributed by atoms with Crippen LogP contribution in [0.5, 0.6) is 5.75 Å². The Morgan fingerprint density at radius 2 is 1.62 bits per heavy atom. The number of benzene rings is 3. The molecule has 1 heterocycles. The zero-order valence-corrected chi connectivity index (χ0v) is 22.2. The van der Waals surface area contributed by atoms with Gasteiger partial charge < -0.3 is 14.7 Å². The summed E-state index contributed by atoms with van der Waals surface area (Å²) < 4.78 is 5.29. The van der Waals surface area contributed by atoms with Gasteiger partial charge in [-0.05, 0) is 73.9 Å². The molecule has 1 N–H and O–H groups in total. The Balaban J connectivity index is 1.90. The lowest BCUT2D eigenvalue weighted by atomic mass is 9.94. The summed E-state index contributed by atoms with van der Waals surface area (Å²) in [4.78, 5) is 30.5. The molecule has 3 aromatic rings. The number of aliphatic hydroxyl groups is 1. The molecule has 192 valence electrons. The molecule has 0 bridgehead atoms. The van der Waals surface area contributed by atoms with E-state index in [0.717, 1.165) is 36.3 Å². The molecular formula is C30H31ClN2O4. The maximum absolute atomic E-state index is 13.4. The number of halogens is 1. The molecule has 0 aromatic heterocycles. The third-order valence-corrected chi connectivity index (χ3v) is 7.14. The number of ether oxygens (including phenoxy) is 1. The first kappa shape index (κ1) is 26.3. The standard InChI is InChI=1S/C30H31ClN2O4/c1-5-19-8-13-23(14-9-19)33-27(20-10-15-22(16-11-20)32(6-2)7-3)26(29(35)30(33)36)28(34)21-12-17-24(31)25(18-21)37-4/h8-18,27,34H,5-7H2,1-4H3/b28-26-. The molecular weight excluding hydrogens is 488 g/mol. The molecule has 0 aliphatic carbocycles. The van der Waals surface area contributed by atoms with Crippen LogP contribution < -0.4 is 14.5 Å². The Bertz CT molecular complexity index is 1330. The zero-order chi connectivity index (χ0) is 26.7. The summed E-state index contributed by atoms with van der Waals surface area (Å²) in [5.41, 5.74) is 3.83. The summed E-state index contributed by atoms with van der Waals surface area (Å²) in [5, 5.41) is 11.8. The largest absolute Gasteiger partial charge is 0.507 e. The lowest BCUT2D eigenvalue weighted by Gasteiger charge is -2.27. The molecule has 1 unspecified atom stereocenters. The van der Waals surface area contributed by atoms with Crippen LogP contribution in [0, 0.1) is 0 Å². The van der Waals surface area contributed by atoms with Crippen LogP contribution in [-0.4, -0.2) is 37.0 Å². The van der Waals surface area contributed by atoms with Gasteiger partial charge in [0.1, 0.15) is 11.5 Å². The van der Waals surface area contributed by atoms with Gasteiger partial charge in [0.2, 0.25) is 0 Å². The van der Waals surface area contributed by atoms with Gasteiger partial charge in [0, 0.05) is 30.0 Å². The number of methoxy groups -OCH3 is 1. The number of amides is 1. The predicted molar refractivity (Wildman–Crippen MR) is 149 cm³/mol. The normalized spacial score (nSPS) is 16.8. The number of carbonyl (C=O) groups excluding carboxylic acids is 2. The summed E-state index contributed by atoms with van der Waals surface area (Å²) in [6, 6.07) is 19.3. The second-order valence-electron chi connectivity index (χ2n) is 8.80. The number of ketones is 1. The van der Waals surface area contributed by atoms with E-state index in [1.54, 1.807) is 18.2 Å². The van der Waals surface area contributed by atoms with Crippen molar-refractivity contribution in [2.45, 2.75) is 33.2 Å². The average Bonchev–Trinajstić information content (AvgIpc) is 3.19. The SMILES string of the molecule is CCc1ccc(N2C(=O)C(=O)/C(=C(\O)c3ccc(Cl)c(OC)c3)C2c2ccc(N(CC)CC)cc2)cc1. The molecule has 37 heavy (non-hydrogen) atoms. The number of carbonyl (C=O) groups is 2. The molecule has 0 spiro atoms. The lowest BCUT2D eigenvalue weighted by Crippen LogP contribution is -2.29. The van der Waals surface area contributed by atoms with E-state index in [2.05, 4.69) is 25.7 Å². The number of nitrogens with zero attached hydrogens (tertiary/aromatic N) is 2. The fourth-order valence-corrected chi connectivity index (χ4v) is 4.92. The number of hydrogen-bond donors (Lipinski definition) is 1. The van der Waals surface area contributed by atoms with Crippen LogP contribution in [0.3, 0.4) is 0 Å². The quantitative estimate of drug-likeness (QED) is 0.213. The highest BCUT2D eigenvalue weighted by atomic mass is 35.5. The van der Waals surface area contributed by atoms with Gasteiger partial charge in [-0.2, -0.15) is 0 Å². The van der Waals surface area contributed by atoms with Crippen LogP contribution >= 0.6 is 11.6 Å². The highest BCUT2D eigenvalue weighted by Gasteiger charge is 2.47. The van der Waals surface area contributed by atoms with Crippen molar-refractivity contribution in [1.29, 1.82) is 0 Å². The monoisotopic (exact) mass is 518 g/mol. The van der Waals surface area contributed by atoms with Crippen LogP contribution in [0.1, 0.15) is 43.5 Å². The van der Waals surface area contributed by atoms with Gasteiger partial charge in [0.25, 0.3) is 11.7 Å². The van der Waals surface area contributed by atoms with Crippen LogP contribution in [0.25, 0.3) is 5.76 Å². The molecule has 7 heteroatoms. The van der Waals surface area contributed by atoms with Gasteiger partial charge >= 0.3 is 0 Å². The zero-order valence-electron chi connectivity index (χ0n) is 21.5. The Hall–Kier alpha value is -3.77. The first-order valence-corrected chi connectivity index (χ1v) is 12.8. The predicted octanol–water partition coefficient (Wildman–Crippen LogP) is 6.38. The van der Waals surface area contributed by atoms with Crippen molar-refractivity contribution in [1.82, 2.24) is 0 Å². The van der Waals surface area contributed by atoms with E-state index >= 15 is 0 Å². The van der Waals surface area contributed by atoms with E-state index in [9.17, 15) is 14.7 Å². The van der Waals surface area contributed by atoms with Crippen molar-refractivity contribution in [3.05, 3.63) is 94.0 Å². The van der Waals surface area contributed by atoms with Gasteiger partial charge in [0.15, 0.2) is 0 Å². The fourth-order valence-electron chi connectivity index (χ4n) is 4.73. The Labute approximate surface area is 222 Å². The van der Waals surface area contributed by atoms with E-state index in [1.165, 1.54) is 12.0 Å². The fraction of sp³-hybridized carbons (Fsp3) is 0.267. The van der Waals surface area contributed by atoms with Crippen molar-refractivity contribution in [2.24, 2.45) is 0 Å². The van der Waals surface area contributed by atoms with E-state index < -0.39 is 17.7 Å². The molecule has 1 aliphatic heterocycles. The van der Waals surface area contributed by atoms with Crippen molar-refractivity contribution in [3.8, 4) is 5.75 Å². The van der Waals surface area contributed by atoms with Crippen molar-refractivity contribution in [3.63, 3.8) is 0 Å². The molecule has 1 amide bonds. The van der Waals surface area contributed by atoms with E-state index in [-0.39, 0.29) is 11.3 Å². The van der Waals surface area contributed by atoms with Gasteiger partial charge in [-0.25, -0.2) is 0 Å². The highest BCUT2D eigenvalue weighted by molar-refractivity contribution is 6.51. The number of aryl methyl sites for hydroxylation is 1. The van der Waals surface area contributed by atoms with Crippen molar-refractivity contribution < 1.29 is 19.4 Å². The smallest absolute Gasteiger partial charge is 0.300 e. The number of rotatable bonds is 8. The second kappa shape index (κ2) is 11.1. The summed E-state index contributed by atoms with van der Waals surface area (Å²) in [7, 11) is 1.47. The molecule has 1 saturated heterocycles. The Kier molecular flexibility index (Phi) is 7.89. The minimum atomic E-state index is -0.806. The topological polar surface area (TPSA) is 70.1 Å². The number of anilines is 2. The number of aliphatic hydroxyl groups excluding tert-OH is 1. The third-order valence-electron chi connectivity index (χ3n) is 6.83. The highest BCUT2D eigenvalue weighted by Crippen LogP contribution is 2.43. The Morgan fingerprint density at radius 1 is 0.973 bits per heavy atom. The molecule has 1 aliphatic rings. The molecule has 0 radical (unpaired) electrons.